The Morgan fingerprint density at radius 1 is 1.24 bits per heavy atom. The highest BCUT2D eigenvalue weighted by molar-refractivity contribution is 7.10. The topological polar surface area (TPSA) is 81.8 Å². The molecule has 0 spiro atoms. The van der Waals surface area contributed by atoms with Gasteiger partial charge in [0.2, 0.25) is 0 Å². The number of amides is 4. The van der Waals surface area contributed by atoms with Crippen LogP contribution in [0.15, 0.2) is 47.8 Å². The van der Waals surface area contributed by atoms with E-state index in [-0.39, 0.29) is 18.5 Å². The van der Waals surface area contributed by atoms with Gasteiger partial charge >= 0.3 is 6.03 Å². The Hall–Kier alpha value is -2.71. The number of urea groups is 1. The molecule has 3 heterocycles. The van der Waals surface area contributed by atoms with E-state index in [1.165, 1.54) is 4.88 Å². The summed E-state index contributed by atoms with van der Waals surface area (Å²) in [6, 6.07) is 12.8. The molecular weight excluding hydrogens is 388 g/mol. The number of likely N-dealkylation sites (tertiary alicyclic amines) is 1. The van der Waals surface area contributed by atoms with Crippen molar-refractivity contribution in [1.82, 2.24) is 20.7 Å². The summed E-state index contributed by atoms with van der Waals surface area (Å²) in [5.74, 6) is -0.822. The van der Waals surface area contributed by atoms with E-state index in [2.05, 4.69) is 21.7 Å². The lowest BCUT2D eigenvalue weighted by molar-refractivity contribution is -0.140. The summed E-state index contributed by atoms with van der Waals surface area (Å²) in [5.41, 5.74) is 2.07. The average molecular weight is 413 g/mol. The Labute approximate surface area is 173 Å². The Bertz CT molecular complexity index is 902. The first-order valence-corrected chi connectivity index (χ1v) is 10.7. The van der Waals surface area contributed by atoms with Crippen molar-refractivity contribution < 1.29 is 14.4 Å². The van der Waals surface area contributed by atoms with Crippen molar-refractivity contribution >= 4 is 29.2 Å². The van der Waals surface area contributed by atoms with Crippen LogP contribution in [0.1, 0.15) is 42.7 Å². The number of hydrogen-bond acceptors (Lipinski definition) is 5. The summed E-state index contributed by atoms with van der Waals surface area (Å²) in [5, 5.41) is 5.64. The molecule has 0 unspecified atom stereocenters. The standard InChI is InChI=1S/C21H24N4O3S/c1-2-21(15-8-4-3-5-9-15)19(27)25(20(28)22-21)23-18(26)14-24-12-6-10-16(24)17-11-7-13-29-17/h3-5,7-9,11,13,16H,2,6,10,12,14H2,1H3,(H,22,28)(H,23,26)/t16-,21-/m1/s1. The molecule has 2 fully saturated rings. The van der Waals surface area contributed by atoms with Crippen molar-refractivity contribution in [3.63, 3.8) is 0 Å². The molecule has 4 amide bonds. The summed E-state index contributed by atoms with van der Waals surface area (Å²) < 4.78 is 0. The van der Waals surface area contributed by atoms with Crippen LogP contribution < -0.4 is 10.7 Å². The zero-order valence-electron chi connectivity index (χ0n) is 16.3. The van der Waals surface area contributed by atoms with Crippen molar-refractivity contribution in [2.24, 2.45) is 0 Å². The molecule has 2 aliphatic rings. The number of thiophene rings is 1. The minimum atomic E-state index is -1.15. The fourth-order valence-corrected chi connectivity index (χ4v) is 5.10. The van der Waals surface area contributed by atoms with E-state index in [0.29, 0.717) is 12.0 Å². The SMILES string of the molecule is CC[C@]1(c2ccccc2)NC(=O)N(NC(=O)CN2CCC[C@@H]2c2cccs2)C1=O. The number of rotatable bonds is 6. The van der Waals surface area contributed by atoms with Gasteiger partial charge < -0.3 is 5.32 Å². The molecular formula is C21H24N4O3S. The van der Waals surface area contributed by atoms with Gasteiger partial charge in [0.15, 0.2) is 0 Å². The van der Waals surface area contributed by atoms with Gasteiger partial charge in [0.1, 0.15) is 5.54 Å². The molecule has 1 aromatic heterocycles. The number of hydrogen-bond donors (Lipinski definition) is 2. The highest BCUT2D eigenvalue weighted by atomic mass is 32.1. The quantitative estimate of drug-likeness (QED) is 0.715. The van der Waals surface area contributed by atoms with Crippen molar-refractivity contribution in [2.75, 3.05) is 13.1 Å². The first kappa shape index (κ1) is 19.6. The van der Waals surface area contributed by atoms with Crippen molar-refractivity contribution in [3.8, 4) is 0 Å². The molecule has 0 bridgehead atoms. The Morgan fingerprint density at radius 3 is 2.72 bits per heavy atom. The highest BCUT2D eigenvalue weighted by Crippen LogP contribution is 2.34. The smallest absolute Gasteiger partial charge is 0.318 e. The minimum Gasteiger partial charge on any atom is -0.318 e. The van der Waals surface area contributed by atoms with E-state index in [9.17, 15) is 14.4 Å². The Morgan fingerprint density at radius 2 is 2.03 bits per heavy atom. The van der Waals surface area contributed by atoms with E-state index in [1.54, 1.807) is 11.3 Å². The second-order valence-corrected chi connectivity index (χ2v) is 8.35. The van der Waals surface area contributed by atoms with Gasteiger partial charge in [-0.05, 0) is 42.8 Å². The van der Waals surface area contributed by atoms with Crippen LogP contribution in [0.3, 0.4) is 0 Å². The molecule has 152 valence electrons. The van der Waals surface area contributed by atoms with E-state index >= 15 is 0 Å². The van der Waals surface area contributed by atoms with Crippen LogP contribution in [0.5, 0.6) is 0 Å². The summed E-state index contributed by atoms with van der Waals surface area (Å²) in [6.07, 6.45) is 2.41. The first-order chi connectivity index (χ1) is 14.0. The number of benzene rings is 1. The predicted molar refractivity (Wildman–Crippen MR) is 110 cm³/mol. The zero-order valence-corrected chi connectivity index (χ0v) is 17.1. The maximum atomic E-state index is 13.1. The highest BCUT2D eigenvalue weighted by Gasteiger charge is 2.52. The predicted octanol–water partition coefficient (Wildman–Crippen LogP) is 2.77. The second-order valence-electron chi connectivity index (χ2n) is 7.37. The van der Waals surface area contributed by atoms with E-state index < -0.39 is 17.5 Å². The third-order valence-electron chi connectivity index (χ3n) is 5.71. The molecule has 2 atom stereocenters. The number of hydrazine groups is 1. The van der Waals surface area contributed by atoms with Crippen LogP contribution in [-0.4, -0.2) is 40.8 Å². The maximum absolute atomic E-state index is 13.1. The Kier molecular flexibility index (Phi) is 5.38. The molecule has 2 saturated heterocycles. The lowest BCUT2D eigenvalue weighted by Crippen LogP contribution is -2.51. The Balaban J connectivity index is 1.46. The minimum absolute atomic E-state index is 0.143. The number of carbonyl (C=O) groups is 3. The van der Waals surface area contributed by atoms with E-state index in [4.69, 9.17) is 0 Å². The van der Waals surface area contributed by atoms with Gasteiger partial charge in [-0.3, -0.25) is 19.9 Å². The monoisotopic (exact) mass is 412 g/mol. The molecule has 2 aromatic rings. The molecule has 0 saturated carbocycles. The summed E-state index contributed by atoms with van der Waals surface area (Å²) in [4.78, 5) is 41.6. The summed E-state index contributed by atoms with van der Waals surface area (Å²) in [7, 11) is 0. The van der Waals surface area contributed by atoms with Gasteiger partial charge in [-0.2, -0.15) is 5.01 Å². The molecule has 29 heavy (non-hydrogen) atoms. The number of nitrogens with zero attached hydrogens (tertiary/aromatic N) is 2. The van der Waals surface area contributed by atoms with Crippen molar-refractivity contribution in [2.45, 2.75) is 37.8 Å². The van der Waals surface area contributed by atoms with Gasteiger partial charge in [-0.25, -0.2) is 4.79 Å². The van der Waals surface area contributed by atoms with Crippen LogP contribution in [0.4, 0.5) is 4.79 Å². The van der Waals surface area contributed by atoms with Gasteiger partial charge in [0, 0.05) is 10.9 Å². The molecule has 1 aromatic carbocycles. The molecule has 7 nitrogen and oxygen atoms in total. The average Bonchev–Trinajstić information content (AvgIpc) is 3.45. The molecule has 4 rings (SSSR count). The van der Waals surface area contributed by atoms with Gasteiger partial charge in [-0.1, -0.05) is 43.3 Å². The number of imide groups is 1. The lowest BCUT2D eigenvalue weighted by Gasteiger charge is -2.26. The molecule has 0 aliphatic carbocycles. The summed E-state index contributed by atoms with van der Waals surface area (Å²) in [6.45, 7) is 2.80. The lowest BCUT2D eigenvalue weighted by atomic mass is 9.87. The van der Waals surface area contributed by atoms with Crippen LogP contribution in [0, 0.1) is 0 Å². The van der Waals surface area contributed by atoms with Gasteiger partial charge in [-0.15, -0.1) is 11.3 Å². The van der Waals surface area contributed by atoms with Gasteiger partial charge in [0.25, 0.3) is 11.8 Å². The van der Waals surface area contributed by atoms with Crippen molar-refractivity contribution in [1.29, 1.82) is 0 Å². The van der Waals surface area contributed by atoms with Crippen LogP contribution in [0.2, 0.25) is 0 Å². The maximum Gasteiger partial charge on any atom is 0.344 e. The fourth-order valence-electron chi connectivity index (χ4n) is 4.20. The molecule has 0 radical (unpaired) electrons. The summed E-state index contributed by atoms with van der Waals surface area (Å²) >= 11 is 1.68. The van der Waals surface area contributed by atoms with Crippen LogP contribution >= 0.6 is 11.3 Å². The van der Waals surface area contributed by atoms with E-state index in [1.807, 2.05) is 48.7 Å². The third-order valence-corrected chi connectivity index (χ3v) is 6.68. The van der Waals surface area contributed by atoms with Crippen LogP contribution in [-0.2, 0) is 15.1 Å². The van der Waals surface area contributed by atoms with E-state index in [0.717, 1.165) is 24.4 Å². The molecule has 8 heteroatoms. The van der Waals surface area contributed by atoms with Crippen LogP contribution in [0.25, 0.3) is 0 Å². The molecule has 2 N–H and O–H groups in total. The second kappa shape index (κ2) is 7.96. The van der Waals surface area contributed by atoms with Gasteiger partial charge in [0.05, 0.1) is 6.54 Å². The number of nitrogens with one attached hydrogen (secondary N) is 2. The third kappa shape index (κ3) is 3.54. The zero-order chi connectivity index (χ0) is 20.4. The normalized spacial score (nSPS) is 24.7. The first-order valence-electron chi connectivity index (χ1n) is 9.84. The fraction of sp³-hybridized carbons (Fsp3) is 0.381. The van der Waals surface area contributed by atoms with Crippen molar-refractivity contribution in [3.05, 3.63) is 58.3 Å². The molecule has 2 aliphatic heterocycles. The largest absolute Gasteiger partial charge is 0.344 e. The number of carbonyl (C=O) groups excluding carboxylic acids is 3.